The molecule has 1 heterocycles. The molecule has 2 aromatic rings. The maximum Gasteiger partial charge on any atom is 0.148 e. The summed E-state index contributed by atoms with van der Waals surface area (Å²) in [5.74, 6) is 0. The van der Waals surface area contributed by atoms with Crippen LogP contribution in [0.3, 0.4) is 0 Å². The Balaban J connectivity index is 1.83. The Kier molecular flexibility index (Phi) is 3.14. The van der Waals surface area contributed by atoms with Crippen LogP contribution in [0.1, 0.15) is 29.0 Å². The number of nitrogens with one attached hydrogen (secondary N) is 1. The molecule has 18 heavy (non-hydrogen) atoms. The van der Waals surface area contributed by atoms with E-state index in [1.807, 2.05) is 0 Å². The van der Waals surface area contributed by atoms with Gasteiger partial charge in [0.25, 0.3) is 0 Å². The highest BCUT2D eigenvalue weighted by molar-refractivity contribution is 7.14. The molecule has 1 fully saturated rings. The van der Waals surface area contributed by atoms with E-state index in [0.717, 1.165) is 22.6 Å². The SMILES string of the molecule is Cc1cccc(C)c1-c1nnc(CNC2CC2)s1. The van der Waals surface area contributed by atoms with Crippen LogP contribution in [0.2, 0.25) is 0 Å². The molecule has 94 valence electrons. The zero-order valence-electron chi connectivity index (χ0n) is 10.7. The molecule has 4 heteroatoms. The van der Waals surface area contributed by atoms with E-state index in [9.17, 15) is 0 Å². The Hall–Kier alpha value is -1.26. The molecule has 0 radical (unpaired) electrons. The van der Waals surface area contributed by atoms with Crippen molar-refractivity contribution in [2.24, 2.45) is 0 Å². The zero-order chi connectivity index (χ0) is 12.5. The van der Waals surface area contributed by atoms with Crippen molar-refractivity contribution in [3.63, 3.8) is 0 Å². The van der Waals surface area contributed by atoms with Gasteiger partial charge in [0.2, 0.25) is 0 Å². The fourth-order valence-electron chi connectivity index (χ4n) is 2.10. The summed E-state index contributed by atoms with van der Waals surface area (Å²) in [5.41, 5.74) is 3.79. The third-order valence-corrected chi connectivity index (χ3v) is 4.22. The first kappa shape index (κ1) is 11.8. The predicted octanol–water partition coefficient (Wildman–Crippen LogP) is 3.07. The van der Waals surface area contributed by atoms with Gasteiger partial charge in [0.15, 0.2) is 0 Å². The number of benzene rings is 1. The third-order valence-electron chi connectivity index (χ3n) is 3.28. The summed E-state index contributed by atoms with van der Waals surface area (Å²) < 4.78 is 0. The first-order valence-electron chi connectivity index (χ1n) is 6.36. The summed E-state index contributed by atoms with van der Waals surface area (Å²) >= 11 is 1.70. The summed E-state index contributed by atoms with van der Waals surface area (Å²) in [6.07, 6.45) is 2.62. The van der Waals surface area contributed by atoms with Crippen molar-refractivity contribution in [1.29, 1.82) is 0 Å². The van der Waals surface area contributed by atoms with Crippen LogP contribution in [0.5, 0.6) is 0 Å². The van der Waals surface area contributed by atoms with Gasteiger partial charge < -0.3 is 5.32 Å². The minimum absolute atomic E-state index is 0.720. The van der Waals surface area contributed by atoms with Crippen molar-refractivity contribution in [2.45, 2.75) is 39.3 Å². The Bertz CT molecular complexity index is 538. The van der Waals surface area contributed by atoms with Gasteiger partial charge in [-0.25, -0.2) is 0 Å². The lowest BCUT2D eigenvalue weighted by atomic mass is 10.0. The molecule has 1 N–H and O–H groups in total. The van der Waals surface area contributed by atoms with Gasteiger partial charge in [-0.2, -0.15) is 0 Å². The second-order valence-electron chi connectivity index (χ2n) is 4.92. The van der Waals surface area contributed by atoms with E-state index in [4.69, 9.17) is 0 Å². The summed E-state index contributed by atoms with van der Waals surface area (Å²) in [5, 5.41) is 14.2. The Morgan fingerprint density at radius 3 is 2.61 bits per heavy atom. The normalized spacial score (nSPS) is 15.0. The van der Waals surface area contributed by atoms with Crippen LogP contribution in [0.25, 0.3) is 10.6 Å². The zero-order valence-corrected chi connectivity index (χ0v) is 11.5. The summed E-state index contributed by atoms with van der Waals surface area (Å²) in [7, 11) is 0. The van der Waals surface area contributed by atoms with Crippen molar-refractivity contribution in [1.82, 2.24) is 15.5 Å². The largest absolute Gasteiger partial charge is 0.308 e. The smallest absolute Gasteiger partial charge is 0.148 e. The van der Waals surface area contributed by atoms with E-state index in [-0.39, 0.29) is 0 Å². The van der Waals surface area contributed by atoms with Crippen LogP contribution in [-0.4, -0.2) is 16.2 Å². The molecule has 1 aromatic carbocycles. The second-order valence-corrected chi connectivity index (χ2v) is 5.99. The molecule has 0 saturated heterocycles. The lowest BCUT2D eigenvalue weighted by molar-refractivity contribution is 0.679. The molecule has 3 nitrogen and oxygen atoms in total. The first-order valence-corrected chi connectivity index (χ1v) is 7.18. The second kappa shape index (κ2) is 4.78. The molecule has 1 aromatic heterocycles. The summed E-state index contributed by atoms with van der Waals surface area (Å²) in [6, 6.07) is 7.07. The van der Waals surface area contributed by atoms with Gasteiger partial charge in [-0.05, 0) is 37.8 Å². The Morgan fingerprint density at radius 1 is 1.22 bits per heavy atom. The average molecular weight is 259 g/mol. The lowest BCUT2D eigenvalue weighted by Gasteiger charge is -2.04. The predicted molar refractivity (Wildman–Crippen MR) is 74.7 cm³/mol. The van der Waals surface area contributed by atoms with Crippen molar-refractivity contribution in [3.05, 3.63) is 34.3 Å². The number of aryl methyl sites for hydroxylation is 2. The molecule has 0 atom stereocenters. The maximum atomic E-state index is 4.33. The van der Waals surface area contributed by atoms with Crippen LogP contribution in [0, 0.1) is 13.8 Å². The highest BCUT2D eigenvalue weighted by atomic mass is 32.1. The standard InChI is InChI=1S/C14H17N3S/c1-9-4-3-5-10(2)13(9)14-17-16-12(18-14)8-15-11-6-7-11/h3-5,11,15H,6-8H2,1-2H3. The van der Waals surface area contributed by atoms with Crippen molar-refractivity contribution >= 4 is 11.3 Å². The molecule has 1 saturated carbocycles. The van der Waals surface area contributed by atoms with Crippen LogP contribution in [0.15, 0.2) is 18.2 Å². The van der Waals surface area contributed by atoms with Gasteiger partial charge in [0.05, 0.1) is 0 Å². The monoisotopic (exact) mass is 259 g/mol. The summed E-state index contributed by atoms with van der Waals surface area (Å²) in [6.45, 7) is 5.12. The molecule has 0 bridgehead atoms. The van der Waals surface area contributed by atoms with Gasteiger partial charge in [-0.3, -0.25) is 0 Å². The number of nitrogens with zero attached hydrogens (tertiary/aromatic N) is 2. The molecule has 0 aliphatic heterocycles. The van der Waals surface area contributed by atoms with Gasteiger partial charge in [0.1, 0.15) is 10.0 Å². The van der Waals surface area contributed by atoms with Crippen LogP contribution in [-0.2, 0) is 6.54 Å². The topological polar surface area (TPSA) is 37.8 Å². The molecule has 1 aliphatic rings. The van der Waals surface area contributed by atoms with E-state index < -0.39 is 0 Å². The van der Waals surface area contributed by atoms with Gasteiger partial charge in [-0.15, -0.1) is 10.2 Å². The van der Waals surface area contributed by atoms with E-state index in [1.165, 1.54) is 29.5 Å². The molecule has 0 unspecified atom stereocenters. The van der Waals surface area contributed by atoms with Crippen LogP contribution in [0.4, 0.5) is 0 Å². The highest BCUT2D eigenvalue weighted by Gasteiger charge is 2.21. The first-order chi connectivity index (χ1) is 8.74. The maximum absolute atomic E-state index is 4.33. The van der Waals surface area contributed by atoms with E-state index in [0.29, 0.717) is 0 Å². The lowest BCUT2D eigenvalue weighted by Crippen LogP contribution is -2.14. The summed E-state index contributed by atoms with van der Waals surface area (Å²) in [4.78, 5) is 0. The van der Waals surface area contributed by atoms with E-state index >= 15 is 0 Å². The van der Waals surface area contributed by atoms with Crippen molar-refractivity contribution in [2.75, 3.05) is 0 Å². The Labute approximate surface area is 111 Å². The number of aromatic nitrogens is 2. The molecule has 3 rings (SSSR count). The fraction of sp³-hybridized carbons (Fsp3) is 0.429. The fourth-order valence-corrected chi connectivity index (χ4v) is 3.06. The van der Waals surface area contributed by atoms with Crippen molar-refractivity contribution in [3.8, 4) is 10.6 Å². The number of hydrogen-bond donors (Lipinski definition) is 1. The molecule has 0 amide bonds. The molecule has 1 aliphatic carbocycles. The quantitative estimate of drug-likeness (QED) is 0.917. The number of rotatable bonds is 4. The van der Waals surface area contributed by atoms with Gasteiger partial charge >= 0.3 is 0 Å². The van der Waals surface area contributed by atoms with Crippen molar-refractivity contribution < 1.29 is 0 Å². The molecular weight excluding hydrogens is 242 g/mol. The number of hydrogen-bond acceptors (Lipinski definition) is 4. The Morgan fingerprint density at radius 2 is 1.94 bits per heavy atom. The van der Waals surface area contributed by atoms with E-state index in [1.54, 1.807) is 11.3 Å². The van der Waals surface area contributed by atoms with E-state index in [2.05, 4.69) is 47.6 Å². The minimum Gasteiger partial charge on any atom is -0.308 e. The van der Waals surface area contributed by atoms with Crippen LogP contribution >= 0.6 is 11.3 Å². The third kappa shape index (κ3) is 2.44. The average Bonchev–Trinajstić information content (AvgIpc) is 3.06. The van der Waals surface area contributed by atoms with Gasteiger partial charge in [0, 0.05) is 18.2 Å². The minimum atomic E-state index is 0.720. The highest BCUT2D eigenvalue weighted by Crippen LogP contribution is 2.30. The van der Waals surface area contributed by atoms with Crippen LogP contribution < -0.4 is 5.32 Å². The molecular formula is C14H17N3S. The molecule has 0 spiro atoms. The van der Waals surface area contributed by atoms with Gasteiger partial charge in [-0.1, -0.05) is 29.5 Å².